The summed E-state index contributed by atoms with van der Waals surface area (Å²) >= 11 is 1.25. The Hall–Kier alpha value is -4.07. The van der Waals surface area contributed by atoms with Crippen molar-refractivity contribution in [2.24, 2.45) is 0 Å². The van der Waals surface area contributed by atoms with Crippen molar-refractivity contribution >= 4 is 51.5 Å². The predicted molar refractivity (Wildman–Crippen MR) is 159 cm³/mol. The second-order valence-corrected chi connectivity index (χ2v) is 13.0. The molecule has 16 nitrogen and oxygen atoms in total. The van der Waals surface area contributed by atoms with Crippen LogP contribution < -0.4 is 44.8 Å². The van der Waals surface area contributed by atoms with Gasteiger partial charge in [0.1, 0.15) is 23.2 Å². The van der Waals surface area contributed by atoms with E-state index < -0.39 is 74.4 Å². The number of aryl methyl sites for hydroxylation is 1. The number of fused-ring (bicyclic) bond motifs is 1. The number of β-lactam (4-membered cyclic amide) rings is 1. The number of nitrogens with zero attached hydrogens (tertiary/aromatic N) is 3. The number of carbonyl (C=O) groups excluding carboxylic acids is 3. The second kappa shape index (κ2) is 14.8. The fraction of sp³-hybridized carbons (Fsp3) is 0.250. The van der Waals surface area contributed by atoms with Gasteiger partial charge in [-0.15, -0.1) is 11.8 Å². The molecule has 3 aromatic rings. The number of carboxylic acid groups (broad SMARTS) is 2. The number of pyridine rings is 1. The standard InChI is InChI=1S/C28H26N6O10S2.Na/c35-23(18(16-4-2-1-3-5-16)31-24(36)19-20(27(38)39)30-14-29-19)32-21-25(37)34-22(28(40)41)17(13-45-26(21)34)12-33-9-6-15(7-10-33)8-11-46(42,43)44;/h1-7,9-10,14,18,21,26H,8,11-13H2,(H5-,29,30,31,32,35,36,38,39,40,41,42,43,44);/q;+1/p+1/t18-,21-,26-;/m1./s1. The summed E-state index contributed by atoms with van der Waals surface area (Å²) in [5.41, 5.74) is 0.301. The zero-order valence-electron chi connectivity index (χ0n) is 24.7. The molecule has 0 aliphatic carbocycles. The van der Waals surface area contributed by atoms with Crippen molar-refractivity contribution < 1.29 is 81.3 Å². The first-order valence-corrected chi connectivity index (χ1v) is 16.3. The number of aliphatic carboxylic acids is 1. The average Bonchev–Trinajstić information content (AvgIpc) is 3.52. The van der Waals surface area contributed by atoms with E-state index in [0.29, 0.717) is 16.7 Å². The molecule has 6 N–H and O–H groups in total. The number of benzene rings is 1. The minimum Gasteiger partial charge on any atom is -0.477 e. The van der Waals surface area contributed by atoms with E-state index in [1.54, 1.807) is 59.4 Å². The number of H-pyrrole nitrogens is 1. The van der Waals surface area contributed by atoms with Crippen molar-refractivity contribution in [1.82, 2.24) is 25.5 Å². The number of hydrogen-bond donors (Lipinski definition) is 6. The molecule has 2 aromatic heterocycles. The summed E-state index contributed by atoms with van der Waals surface area (Å²) in [5.74, 6) is -5.35. The fourth-order valence-corrected chi connectivity index (χ4v) is 6.87. The summed E-state index contributed by atoms with van der Waals surface area (Å²) in [6, 6.07) is 8.91. The van der Waals surface area contributed by atoms with Gasteiger partial charge in [-0.05, 0) is 17.5 Å². The number of nitrogens with one attached hydrogen (secondary N) is 3. The van der Waals surface area contributed by atoms with Gasteiger partial charge in [-0.25, -0.2) is 19.1 Å². The van der Waals surface area contributed by atoms with Crippen LogP contribution in [-0.2, 0) is 37.5 Å². The first-order chi connectivity index (χ1) is 21.8. The normalized spacial score (nSPS) is 17.9. The molecule has 0 spiro atoms. The Kier molecular flexibility index (Phi) is 11.3. The maximum absolute atomic E-state index is 13.5. The Morgan fingerprint density at radius 2 is 1.77 bits per heavy atom. The van der Waals surface area contributed by atoms with Gasteiger partial charge in [0.25, 0.3) is 21.9 Å². The zero-order valence-corrected chi connectivity index (χ0v) is 28.3. The molecule has 4 heterocycles. The summed E-state index contributed by atoms with van der Waals surface area (Å²) < 4.78 is 32.7. The van der Waals surface area contributed by atoms with Crippen LogP contribution >= 0.6 is 11.8 Å². The largest absolute Gasteiger partial charge is 1.00 e. The summed E-state index contributed by atoms with van der Waals surface area (Å²) in [6.07, 6.45) is 4.38. The van der Waals surface area contributed by atoms with E-state index in [-0.39, 0.29) is 54.0 Å². The Balaban J connectivity index is 0.00000500. The topological polar surface area (TPSA) is 240 Å². The predicted octanol–water partition coefficient (Wildman–Crippen LogP) is -3.26. The van der Waals surface area contributed by atoms with Crippen LogP contribution in [-0.4, -0.2) is 90.6 Å². The van der Waals surface area contributed by atoms with Crippen LogP contribution in [0.3, 0.4) is 0 Å². The van der Waals surface area contributed by atoms with Crippen molar-refractivity contribution in [2.45, 2.75) is 30.4 Å². The van der Waals surface area contributed by atoms with E-state index in [1.165, 1.54) is 11.8 Å². The average molecular weight is 695 g/mol. The fourth-order valence-electron chi connectivity index (χ4n) is 5.04. The number of carbonyl (C=O) groups is 5. The Labute approximate surface area is 293 Å². The van der Waals surface area contributed by atoms with Crippen LogP contribution in [0.5, 0.6) is 0 Å². The SMILES string of the molecule is O=C(O)C1=C(C[n+]2ccc(CCS(=O)(=O)O)cc2)CS[C@@H]2[C@H](NC(=O)[C@H](NC(=O)c3nc[nH]c3C(=O)O)c3ccccc3)C(=O)N12.[Na+]. The molecule has 1 fully saturated rings. The number of thioether (sulfide) groups is 1. The number of aromatic amines is 1. The molecule has 19 heteroatoms. The summed E-state index contributed by atoms with van der Waals surface area (Å²) in [6.45, 7) is 0.119. The molecule has 2 aliphatic heterocycles. The Morgan fingerprint density at radius 3 is 2.38 bits per heavy atom. The van der Waals surface area contributed by atoms with E-state index >= 15 is 0 Å². The number of aromatic carboxylic acids is 1. The molecule has 0 radical (unpaired) electrons. The van der Waals surface area contributed by atoms with E-state index in [9.17, 15) is 42.6 Å². The van der Waals surface area contributed by atoms with Crippen LogP contribution in [0.2, 0.25) is 0 Å². The maximum Gasteiger partial charge on any atom is 1.00 e. The molecule has 47 heavy (non-hydrogen) atoms. The number of imidazole rings is 1. The van der Waals surface area contributed by atoms with Gasteiger partial charge in [-0.3, -0.25) is 23.8 Å². The van der Waals surface area contributed by atoms with Crippen molar-refractivity contribution in [3.63, 3.8) is 0 Å². The van der Waals surface area contributed by atoms with Gasteiger partial charge < -0.3 is 25.8 Å². The van der Waals surface area contributed by atoms with Gasteiger partial charge in [0.15, 0.2) is 30.3 Å². The van der Waals surface area contributed by atoms with Gasteiger partial charge in [0, 0.05) is 23.5 Å². The molecule has 1 aromatic carbocycles. The van der Waals surface area contributed by atoms with Crippen molar-refractivity contribution in [2.75, 3.05) is 11.5 Å². The van der Waals surface area contributed by atoms with Gasteiger partial charge in [0.2, 0.25) is 5.91 Å². The van der Waals surface area contributed by atoms with E-state index in [4.69, 9.17) is 4.55 Å². The molecule has 0 saturated carbocycles. The van der Waals surface area contributed by atoms with Crippen molar-refractivity contribution in [3.05, 3.63) is 95.0 Å². The van der Waals surface area contributed by atoms with E-state index in [0.717, 1.165) is 11.2 Å². The summed E-state index contributed by atoms with van der Waals surface area (Å²) in [5, 5.41) is 23.7. The monoisotopic (exact) mass is 694 g/mol. The third-order valence-corrected chi connectivity index (χ3v) is 9.33. The number of amides is 3. The number of aromatic nitrogens is 3. The number of carboxylic acids is 2. The molecule has 0 unspecified atom stereocenters. The van der Waals surface area contributed by atoms with E-state index in [2.05, 4.69) is 20.6 Å². The van der Waals surface area contributed by atoms with Gasteiger partial charge in [0.05, 0.1) is 12.1 Å². The Morgan fingerprint density at radius 1 is 1.09 bits per heavy atom. The summed E-state index contributed by atoms with van der Waals surface area (Å²) in [7, 11) is -4.12. The molecule has 5 rings (SSSR count). The van der Waals surface area contributed by atoms with Gasteiger partial charge >= 0.3 is 41.5 Å². The van der Waals surface area contributed by atoms with Crippen molar-refractivity contribution in [3.8, 4) is 0 Å². The maximum atomic E-state index is 13.5. The second-order valence-electron chi connectivity index (χ2n) is 10.3. The van der Waals surface area contributed by atoms with Crippen LogP contribution in [0.15, 0.2) is 72.5 Å². The molecule has 240 valence electrons. The minimum atomic E-state index is -4.12. The minimum absolute atomic E-state index is 0. The Bertz CT molecular complexity index is 1850. The molecule has 0 bridgehead atoms. The van der Waals surface area contributed by atoms with Crippen molar-refractivity contribution in [1.29, 1.82) is 0 Å². The van der Waals surface area contributed by atoms with Crippen LogP contribution in [0, 0.1) is 0 Å². The van der Waals surface area contributed by atoms with Crippen LogP contribution in [0.1, 0.15) is 38.1 Å². The first-order valence-electron chi connectivity index (χ1n) is 13.6. The molecule has 3 amide bonds. The molecule has 3 atom stereocenters. The van der Waals surface area contributed by atoms with Crippen LogP contribution in [0.25, 0.3) is 0 Å². The first kappa shape index (κ1) is 35.8. The molecular weight excluding hydrogens is 667 g/mol. The van der Waals surface area contributed by atoms with Gasteiger partial charge in [-0.2, -0.15) is 8.42 Å². The quantitative estimate of drug-likeness (QED) is 0.0474. The van der Waals surface area contributed by atoms with E-state index in [1.807, 2.05) is 0 Å². The third kappa shape index (κ3) is 8.09. The summed E-state index contributed by atoms with van der Waals surface area (Å²) in [4.78, 5) is 70.7. The number of hydrogen-bond acceptors (Lipinski definition) is 9. The number of rotatable bonds is 12. The molecule has 2 aliphatic rings. The third-order valence-electron chi connectivity index (χ3n) is 7.27. The van der Waals surface area contributed by atoms with Gasteiger partial charge in [-0.1, -0.05) is 30.3 Å². The zero-order chi connectivity index (χ0) is 33.2. The van der Waals surface area contributed by atoms with Crippen LogP contribution in [0.4, 0.5) is 0 Å². The molecular formula is C28H27N6NaO10S2+2. The smallest absolute Gasteiger partial charge is 0.477 e. The molecule has 1 saturated heterocycles.